The van der Waals surface area contributed by atoms with Crippen LogP contribution < -0.4 is 4.74 Å². The highest BCUT2D eigenvalue weighted by atomic mass is 35.5. The minimum atomic E-state index is -1.04. The van der Waals surface area contributed by atoms with Gasteiger partial charge in [0, 0.05) is 5.02 Å². The molecule has 0 aliphatic rings. The molecule has 1 unspecified atom stereocenters. The zero-order chi connectivity index (χ0) is 18.7. The number of aliphatic hydroxyl groups is 1. The van der Waals surface area contributed by atoms with E-state index in [1.165, 1.54) is 18.5 Å². The number of rotatable bonds is 7. The summed E-state index contributed by atoms with van der Waals surface area (Å²) in [6, 6.07) is 4.28. The molecule has 1 aromatic carbocycles. The Bertz CT molecular complexity index is 772. The number of hydrogen-bond donors (Lipinski definition) is 2. The second-order valence-electron chi connectivity index (χ2n) is 7.06. The molecular weight excluding hydrogens is 365 g/mol. The Morgan fingerprint density at radius 1 is 1.40 bits per heavy atom. The Morgan fingerprint density at radius 2 is 2.12 bits per heavy atom. The summed E-state index contributed by atoms with van der Waals surface area (Å²) in [5.41, 5.74) is -1.44. The number of nitrogens with zero attached hydrogens (tertiary/aromatic N) is 2. The molecule has 0 radical (unpaired) electrons. The van der Waals surface area contributed by atoms with E-state index in [0.29, 0.717) is 22.6 Å². The van der Waals surface area contributed by atoms with Crippen molar-refractivity contribution in [2.45, 2.75) is 45.8 Å². The molecule has 25 heavy (non-hydrogen) atoms. The quantitative estimate of drug-likeness (QED) is 0.547. The largest absolute Gasteiger partial charge is 0.491 e. The maximum Gasteiger partial charge on any atom is 0.195 e. The summed E-state index contributed by atoms with van der Waals surface area (Å²) in [6.45, 7) is 6.44. The van der Waals surface area contributed by atoms with Gasteiger partial charge in [-0.25, -0.2) is 9.07 Å². The SMILES string of the molecule is CC(C)(C)C(O)(CCCOc1ccc(Cl)cc1F)Cn1nc[nH]c1=S. The lowest BCUT2D eigenvalue weighted by atomic mass is 9.73. The van der Waals surface area contributed by atoms with Crippen LogP contribution in [0.4, 0.5) is 4.39 Å². The zero-order valence-electron chi connectivity index (χ0n) is 14.6. The molecule has 0 amide bonds. The number of hydrogen-bond acceptors (Lipinski definition) is 4. The van der Waals surface area contributed by atoms with E-state index in [-0.39, 0.29) is 18.9 Å². The molecule has 2 N–H and O–H groups in total. The van der Waals surface area contributed by atoms with Crippen molar-refractivity contribution in [3.05, 3.63) is 40.1 Å². The van der Waals surface area contributed by atoms with Gasteiger partial charge in [0.15, 0.2) is 16.3 Å². The summed E-state index contributed by atoms with van der Waals surface area (Å²) in [5, 5.41) is 15.6. The maximum atomic E-state index is 13.7. The lowest BCUT2D eigenvalue weighted by molar-refractivity contribution is -0.0828. The Hall–Kier alpha value is -1.44. The number of halogens is 2. The molecule has 1 heterocycles. The Kier molecular flexibility index (Phi) is 6.24. The van der Waals surface area contributed by atoms with Gasteiger partial charge in [0.1, 0.15) is 6.33 Å². The summed E-state index contributed by atoms with van der Waals surface area (Å²) in [4.78, 5) is 2.82. The molecule has 138 valence electrons. The number of H-pyrrole nitrogens is 1. The molecule has 2 rings (SSSR count). The summed E-state index contributed by atoms with van der Waals surface area (Å²) in [5.74, 6) is -0.348. The van der Waals surface area contributed by atoms with Crippen LogP contribution in [-0.4, -0.2) is 32.1 Å². The van der Waals surface area contributed by atoms with Gasteiger partial charge in [-0.05, 0) is 48.7 Å². The Labute approximate surface area is 156 Å². The van der Waals surface area contributed by atoms with E-state index in [1.54, 1.807) is 10.7 Å². The second kappa shape index (κ2) is 7.85. The third-order valence-electron chi connectivity index (χ3n) is 4.31. The van der Waals surface area contributed by atoms with Gasteiger partial charge in [0.05, 0.1) is 18.8 Å². The van der Waals surface area contributed by atoms with Gasteiger partial charge < -0.3 is 14.8 Å². The minimum Gasteiger partial charge on any atom is -0.491 e. The molecule has 0 saturated heterocycles. The highest BCUT2D eigenvalue weighted by molar-refractivity contribution is 7.71. The van der Waals surface area contributed by atoms with Crippen molar-refractivity contribution in [2.24, 2.45) is 5.41 Å². The first-order valence-electron chi connectivity index (χ1n) is 8.03. The minimum absolute atomic E-state index is 0.151. The van der Waals surface area contributed by atoms with E-state index in [0.717, 1.165) is 0 Å². The summed E-state index contributed by atoms with van der Waals surface area (Å²) in [7, 11) is 0. The van der Waals surface area contributed by atoms with Crippen LogP contribution in [0.3, 0.4) is 0 Å². The van der Waals surface area contributed by atoms with Gasteiger partial charge in [0.2, 0.25) is 0 Å². The lowest BCUT2D eigenvalue weighted by Gasteiger charge is -2.40. The van der Waals surface area contributed by atoms with Gasteiger partial charge in [-0.15, -0.1) is 0 Å². The predicted molar refractivity (Wildman–Crippen MR) is 98.0 cm³/mol. The molecule has 0 saturated carbocycles. The van der Waals surface area contributed by atoms with E-state index in [4.69, 9.17) is 28.6 Å². The summed E-state index contributed by atoms with van der Waals surface area (Å²) in [6.07, 6.45) is 2.51. The first-order chi connectivity index (χ1) is 11.6. The predicted octanol–water partition coefficient (Wildman–Crippen LogP) is 4.37. The van der Waals surface area contributed by atoms with Crippen molar-refractivity contribution in [2.75, 3.05) is 6.61 Å². The average Bonchev–Trinajstić information content (AvgIpc) is 2.89. The molecule has 2 aromatic rings. The van der Waals surface area contributed by atoms with Crippen LogP contribution in [0.5, 0.6) is 5.75 Å². The first kappa shape index (κ1) is 19.9. The number of nitrogens with one attached hydrogen (secondary N) is 1. The van der Waals surface area contributed by atoms with Crippen LogP contribution >= 0.6 is 23.8 Å². The fourth-order valence-corrected chi connectivity index (χ4v) is 2.79. The monoisotopic (exact) mass is 387 g/mol. The third kappa shape index (κ3) is 5.03. The molecule has 0 fully saturated rings. The zero-order valence-corrected chi connectivity index (χ0v) is 16.1. The third-order valence-corrected chi connectivity index (χ3v) is 4.88. The fraction of sp³-hybridized carbons (Fsp3) is 0.529. The standard InChI is InChI=1S/C17H23ClFN3O2S/c1-16(2,3)17(23,10-22-15(25)20-11-21-22)7-4-8-24-14-6-5-12(18)9-13(14)19/h5-6,9,11,23H,4,7-8,10H2,1-3H3,(H,20,21,25). The van der Waals surface area contributed by atoms with Crippen LogP contribution in [0.1, 0.15) is 33.6 Å². The second-order valence-corrected chi connectivity index (χ2v) is 7.88. The van der Waals surface area contributed by atoms with Crippen LogP contribution in [0.25, 0.3) is 0 Å². The van der Waals surface area contributed by atoms with Crippen LogP contribution in [-0.2, 0) is 6.54 Å². The Balaban J connectivity index is 1.98. The van der Waals surface area contributed by atoms with E-state index in [1.807, 2.05) is 20.8 Å². The normalized spacial score (nSPS) is 14.3. The van der Waals surface area contributed by atoms with E-state index in [2.05, 4.69) is 10.1 Å². The van der Waals surface area contributed by atoms with Gasteiger partial charge >= 0.3 is 0 Å². The molecule has 1 aromatic heterocycles. The van der Waals surface area contributed by atoms with Crippen molar-refractivity contribution in [3.8, 4) is 5.75 Å². The van der Waals surface area contributed by atoms with Crippen molar-refractivity contribution in [1.82, 2.24) is 14.8 Å². The van der Waals surface area contributed by atoms with Gasteiger partial charge in [0.25, 0.3) is 0 Å². The van der Waals surface area contributed by atoms with Crippen molar-refractivity contribution in [3.63, 3.8) is 0 Å². The molecule has 8 heteroatoms. The van der Waals surface area contributed by atoms with Crippen molar-refractivity contribution >= 4 is 23.8 Å². The van der Waals surface area contributed by atoms with Gasteiger partial charge in [-0.2, -0.15) is 5.10 Å². The van der Waals surface area contributed by atoms with Gasteiger partial charge in [-0.1, -0.05) is 32.4 Å². The number of ether oxygens (including phenoxy) is 1. The van der Waals surface area contributed by atoms with Crippen molar-refractivity contribution < 1.29 is 14.2 Å². The molecule has 0 spiro atoms. The van der Waals surface area contributed by atoms with E-state index < -0.39 is 16.8 Å². The molecule has 0 aliphatic heterocycles. The van der Waals surface area contributed by atoms with Gasteiger partial charge in [-0.3, -0.25) is 0 Å². The molecule has 0 aliphatic carbocycles. The molecular formula is C17H23ClFN3O2S. The van der Waals surface area contributed by atoms with E-state index in [9.17, 15) is 9.50 Å². The fourth-order valence-electron chi connectivity index (χ4n) is 2.47. The highest BCUT2D eigenvalue weighted by Crippen LogP contribution is 2.35. The maximum absolute atomic E-state index is 13.7. The number of aromatic amines is 1. The van der Waals surface area contributed by atoms with E-state index >= 15 is 0 Å². The molecule has 1 atom stereocenters. The topological polar surface area (TPSA) is 63.1 Å². The average molecular weight is 388 g/mol. The van der Waals surface area contributed by atoms with Crippen LogP contribution in [0, 0.1) is 16.0 Å². The highest BCUT2D eigenvalue weighted by Gasteiger charge is 2.40. The number of benzene rings is 1. The van der Waals surface area contributed by atoms with Crippen LogP contribution in [0.2, 0.25) is 5.02 Å². The number of aromatic nitrogens is 3. The molecule has 0 bridgehead atoms. The lowest BCUT2D eigenvalue weighted by Crippen LogP contribution is -2.47. The smallest absolute Gasteiger partial charge is 0.195 e. The first-order valence-corrected chi connectivity index (χ1v) is 8.82. The Morgan fingerprint density at radius 3 is 2.68 bits per heavy atom. The summed E-state index contributed by atoms with van der Waals surface area (Å²) < 4.78 is 21.2. The molecule has 5 nitrogen and oxygen atoms in total. The van der Waals surface area contributed by atoms with Crippen LogP contribution in [0.15, 0.2) is 24.5 Å². The summed E-state index contributed by atoms with van der Waals surface area (Å²) >= 11 is 10.9. The van der Waals surface area contributed by atoms with Crippen molar-refractivity contribution in [1.29, 1.82) is 0 Å².